The normalized spacial score (nSPS) is 10.5. The summed E-state index contributed by atoms with van der Waals surface area (Å²) in [5.41, 5.74) is 4.11. The van der Waals surface area contributed by atoms with Crippen LogP contribution in [0.1, 0.15) is 51.5 Å². The predicted octanol–water partition coefficient (Wildman–Crippen LogP) is 3.78. The van der Waals surface area contributed by atoms with Crippen LogP contribution in [0.25, 0.3) is 0 Å². The van der Waals surface area contributed by atoms with E-state index in [-0.39, 0.29) is 5.91 Å². The van der Waals surface area contributed by atoms with Gasteiger partial charge in [0.1, 0.15) is 5.69 Å². The minimum atomic E-state index is -0.434. The fraction of sp³-hybridized carbons (Fsp3) is 0.368. The predicted molar refractivity (Wildman–Crippen MR) is 94.8 cm³/mol. The molecule has 0 aliphatic rings. The Hall–Kier alpha value is -2.56. The Kier molecular flexibility index (Phi) is 5.44. The lowest BCUT2D eigenvalue weighted by Crippen LogP contribution is -2.31. The van der Waals surface area contributed by atoms with E-state index < -0.39 is 5.97 Å². The maximum absolute atomic E-state index is 13.1. The van der Waals surface area contributed by atoms with Gasteiger partial charge in [-0.25, -0.2) is 4.79 Å². The SMILES string of the molecule is CCOC(=O)c1[nH]c(C)c(C(=O)N(CC)c2cccc(C)c2)c1C. The second-order valence-electron chi connectivity index (χ2n) is 5.73. The van der Waals surface area contributed by atoms with Gasteiger partial charge in [0.15, 0.2) is 0 Å². The highest BCUT2D eigenvalue weighted by Crippen LogP contribution is 2.24. The van der Waals surface area contributed by atoms with E-state index in [1.165, 1.54) is 0 Å². The number of H-pyrrole nitrogens is 1. The Labute approximate surface area is 142 Å². The topological polar surface area (TPSA) is 62.4 Å². The number of amides is 1. The first-order chi connectivity index (χ1) is 11.4. The minimum Gasteiger partial charge on any atom is -0.461 e. The van der Waals surface area contributed by atoms with Crippen molar-refractivity contribution in [2.24, 2.45) is 0 Å². The average molecular weight is 328 g/mol. The van der Waals surface area contributed by atoms with Gasteiger partial charge in [-0.3, -0.25) is 4.79 Å². The fourth-order valence-electron chi connectivity index (χ4n) is 2.85. The summed E-state index contributed by atoms with van der Waals surface area (Å²) in [6.45, 7) is 10.1. The molecule has 1 aromatic heterocycles. The zero-order chi connectivity index (χ0) is 17.9. The number of carbonyl (C=O) groups excluding carboxylic acids is 2. The number of aromatic nitrogens is 1. The van der Waals surface area contributed by atoms with Crippen LogP contribution in [0.4, 0.5) is 5.69 Å². The lowest BCUT2D eigenvalue weighted by molar-refractivity contribution is 0.0519. The number of ether oxygens (including phenoxy) is 1. The summed E-state index contributed by atoms with van der Waals surface area (Å²) in [6, 6.07) is 7.82. The molecular formula is C19H24N2O3. The van der Waals surface area contributed by atoms with Crippen LogP contribution in [-0.4, -0.2) is 30.0 Å². The van der Waals surface area contributed by atoms with Crippen LogP contribution >= 0.6 is 0 Å². The molecule has 0 bridgehead atoms. The summed E-state index contributed by atoms with van der Waals surface area (Å²) < 4.78 is 5.05. The molecule has 1 N–H and O–H groups in total. The van der Waals surface area contributed by atoms with E-state index in [2.05, 4.69) is 4.98 Å². The van der Waals surface area contributed by atoms with Crippen molar-refractivity contribution in [3.63, 3.8) is 0 Å². The summed E-state index contributed by atoms with van der Waals surface area (Å²) in [4.78, 5) is 29.8. The van der Waals surface area contributed by atoms with Crippen LogP contribution in [0.2, 0.25) is 0 Å². The van der Waals surface area contributed by atoms with Gasteiger partial charge < -0.3 is 14.6 Å². The highest BCUT2D eigenvalue weighted by atomic mass is 16.5. The molecule has 128 valence electrons. The van der Waals surface area contributed by atoms with Crippen LogP contribution < -0.4 is 4.90 Å². The van der Waals surface area contributed by atoms with Gasteiger partial charge >= 0.3 is 5.97 Å². The van der Waals surface area contributed by atoms with Gasteiger partial charge in [0.05, 0.1) is 12.2 Å². The second kappa shape index (κ2) is 7.34. The third kappa shape index (κ3) is 3.35. The first-order valence-corrected chi connectivity index (χ1v) is 8.15. The molecule has 5 nitrogen and oxygen atoms in total. The van der Waals surface area contributed by atoms with Gasteiger partial charge in [0, 0.05) is 17.9 Å². The van der Waals surface area contributed by atoms with E-state index >= 15 is 0 Å². The molecule has 0 atom stereocenters. The van der Waals surface area contributed by atoms with Gasteiger partial charge in [-0.05, 0) is 57.9 Å². The van der Waals surface area contributed by atoms with Gasteiger partial charge in [0.25, 0.3) is 5.91 Å². The molecule has 2 rings (SSSR count). The van der Waals surface area contributed by atoms with Crippen molar-refractivity contribution in [2.45, 2.75) is 34.6 Å². The summed E-state index contributed by atoms with van der Waals surface area (Å²) in [5, 5.41) is 0. The molecular weight excluding hydrogens is 304 g/mol. The van der Waals surface area contributed by atoms with E-state index in [4.69, 9.17) is 4.74 Å². The number of nitrogens with one attached hydrogen (secondary N) is 1. The zero-order valence-electron chi connectivity index (χ0n) is 14.9. The standard InChI is InChI=1S/C19H24N2O3/c1-6-21(15-10-8-9-12(3)11-15)18(22)16-13(4)17(20-14(16)5)19(23)24-7-2/h8-11,20H,6-7H2,1-5H3. The molecule has 0 aliphatic carbocycles. The number of benzene rings is 1. The molecule has 0 saturated carbocycles. The smallest absolute Gasteiger partial charge is 0.355 e. The third-order valence-electron chi connectivity index (χ3n) is 4.01. The largest absolute Gasteiger partial charge is 0.461 e. The van der Waals surface area contributed by atoms with E-state index in [9.17, 15) is 9.59 Å². The first-order valence-electron chi connectivity index (χ1n) is 8.15. The molecule has 2 aromatic rings. The number of esters is 1. The van der Waals surface area contributed by atoms with Gasteiger partial charge in [0.2, 0.25) is 0 Å². The second-order valence-corrected chi connectivity index (χ2v) is 5.73. The van der Waals surface area contributed by atoms with Crippen molar-refractivity contribution in [1.29, 1.82) is 0 Å². The number of aromatic amines is 1. The molecule has 0 unspecified atom stereocenters. The highest BCUT2D eigenvalue weighted by molar-refractivity contribution is 6.09. The fourth-order valence-corrected chi connectivity index (χ4v) is 2.85. The summed E-state index contributed by atoms with van der Waals surface area (Å²) in [6.07, 6.45) is 0. The van der Waals surface area contributed by atoms with Crippen LogP contribution in [-0.2, 0) is 4.74 Å². The Morgan fingerprint density at radius 2 is 1.88 bits per heavy atom. The number of hydrogen-bond donors (Lipinski definition) is 1. The third-order valence-corrected chi connectivity index (χ3v) is 4.01. The van der Waals surface area contributed by atoms with E-state index in [0.717, 1.165) is 11.3 Å². The van der Waals surface area contributed by atoms with Crippen LogP contribution in [0.15, 0.2) is 24.3 Å². The molecule has 0 fully saturated rings. The van der Waals surface area contributed by atoms with Gasteiger partial charge in [-0.2, -0.15) is 0 Å². The van der Waals surface area contributed by atoms with E-state index in [0.29, 0.717) is 35.7 Å². The van der Waals surface area contributed by atoms with Crippen LogP contribution in [0.3, 0.4) is 0 Å². The van der Waals surface area contributed by atoms with E-state index in [1.807, 2.05) is 38.1 Å². The van der Waals surface area contributed by atoms with Gasteiger partial charge in [-0.15, -0.1) is 0 Å². The van der Waals surface area contributed by atoms with Gasteiger partial charge in [-0.1, -0.05) is 12.1 Å². The molecule has 1 heterocycles. The van der Waals surface area contributed by atoms with Crippen molar-refractivity contribution in [3.05, 3.63) is 52.3 Å². The quantitative estimate of drug-likeness (QED) is 0.850. The lowest BCUT2D eigenvalue weighted by atomic mass is 10.1. The van der Waals surface area contributed by atoms with Crippen molar-refractivity contribution in [3.8, 4) is 0 Å². The Morgan fingerprint density at radius 3 is 2.46 bits per heavy atom. The maximum atomic E-state index is 13.1. The number of aryl methyl sites for hydroxylation is 2. The Balaban J connectivity index is 2.43. The van der Waals surface area contributed by atoms with Crippen molar-refractivity contribution >= 4 is 17.6 Å². The average Bonchev–Trinajstić information content (AvgIpc) is 2.83. The molecule has 24 heavy (non-hydrogen) atoms. The van der Waals surface area contributed by atoms with Crippen molar-refractivity contribution in [2.75, 3.05) is 18.1 Å². The number of nitrogens with zero attached hydrogens (tertiary/aromatic N) is 1. The molecule has 0 saturated heterocycles. The maximum Gasteiger partial charge on any atom is 0.355 e. The monoisotopic (exact) mass is 328 g/mol. The van der Waals surface area contributed by atoms with Crippen LogP contribution in [0, 0.1) is 20.8 Å². The molecule has 0 spiro atoms. The van der Waals surface area contributed by atoms with Crippen molar-refractivity contribution < 1.29 is 14.3 Å². The highest BCUT2D eigenvalue weighted by Gasteiger charge is 2.26. The molecule has 1 amide bonds. The summed E-state index contributed by atoms with van der Waals surface area (Å²) in [5.74, 6) is -0.555. The molecule has 0 aliphatic heterocycles. The Bertz CT molecular complexity index is 762. The molecule has 0 radical (unpaired) electrons. The minimum absolute atomic E-state index is 0.120. The summed E-state index contributed by atoms with van der Waals surface area (Å²) >= 11 is 0. The first kappa shape index (κ1) is 17.8. The summed E-state index contributed by atoms with van der Waals surface area (Å²) in [7, 11) is 0. The number of carbonyl (C=O) groups is 2. The number of rotatable bonds is 5. The van der Waals surface area contributed by atoms with Crippen LogP contribution in [0.5, 0.6) is 0 Å². The lowest BCUT2D eigenvalue weighted by Gasteiger charge is -2.22. The number of hydrogen-bond acceptors (Lipinski definition) is 3. The number of anilines is 1. The Morgan fingerprint density at radius 1 is 1.17 bits per heavy atom. The zero-order valence-corrected chi connectivity index (χ0v) is 14.9. The van der Waals surface area contributed by atoms with Crippen molar-refractivity contribution in [1.82, 2.24) is 4.98 Å². The van der Waals surface area contributed by atoms with E-state index in [1.54, 1.807) is 25.7 Å². The molecule has 1 aromatic carbocycles. The molecule has 5 heteroatoms.